The third kappa shape index (κ3) is 4.49. The van der Waals surface area contributed by atoms with Crippen LogP contribution >= 0.6 is 11.6 Å². The van der Waals surface area contributed by atoms with Crippen LogP contribution in [-0.4, -0.2) is 5.91 Å². The highest BCUT2D eigenvalue weighted by Crippen LogP contribution is 2.36. The van der Waals surface area contributed by atoms with E-state index in [0.29, 0.717) is 6.42 Å². The number of hydrogen-bond acceptors (Lipinski definition) is 1. The number of carbonyl (C=O) groups excluding carboxylic acids is 1. The Hall–Kier alpha value is -2.01. The zero-order valence-electron chi connectivity index (χ0n) is 11.5. The summed E-state index contributed by atoms with van der Waals surface area (Å²) in [5, 5.41) is 2.06. The SMILES string of the molecule is O=C(CCc1ccccc1)Nc1ccc(Cl)c(C(F)(F)F)c1. The highest BCUT2D eigenvalue weighted by Gasteiger charge is 2.33. The van der Waals surface area contributed by atoms with Crippen LogP contribution in [0.3, 0.4) is 0 Å². The molecule has 0 heterocycles. The Kier molecular flexibility index (Phi) is 5.08. The van der Waals surface area contributed by atoms with Crippen molar-refractivity contribution in [1.29, 1.82) is 0 Å². The maximum atomic E-state index is 12.7. The molecule has 6 heteroatoms. The number of carbonyl (C=O) groups is 1. The van der Waals surface area contributed by atoms with Gasteiger partial charge in [0.25, 0.3) is 0 Å². The van der Waals surface area contributed by atoms with E-state index in [2.05, 4.69) is 5.32 Å². The predicted molar refractivity (Wildman–Crippen MR) is 79.8 cm³/mol. The summed E-state index contributed by atoms with van der Waals surface area (Å²) in [6, 6.07) is 12.7. The Morgan fingerprint density at radius 1 is 1.09 bits per heavy atom. The summed E-state index contributed by atoms with van der Waals surface area (Å²) in [7, 11) is 0. The minimum atomic E-state index is -4.55. The van der Waals surface area contributed by atoms with Crippen LogP contribution in [0, 0.1) is 0 Å². The van der Waals surface area contributed by atoms with Gasteiger partial charge >= 0.3 is 6.18 Å². The molecule has 0 unspecified atom stereocenters. The molecule has 2 aromatic carbocycles. The number of benzene rings is 2. The van der Waals surface area contributed by atoms with Crippen molar-refractivity contribution >= 4 is 23.2 Å². The lowest BCUT2D eigenvalue weighted by Gasteiger charge is -2.11. The van der Waals surface area contributed by atoms with Gasteiger partial charge in [-0.15, -0.1) is 0 Å². The van der Waals surface area contributed by atoms with Gasteiger partial charge in [-0.25, -0.2) is 0 Å². The molecular formula is C16H13ClF3NO. The maximum absolute atomic E-state index is 12.7. The molecule has 0 spiro atoms. The van der Waals surface area contributed by atoms with E-state index in [4.69, 9.17) is 11.6 Å². The first kappa shape index (κ1) is 16.4. The van der Waals surface area contributed by atoms with Gasteiger partial charge in [-0.3, -0.25) is 4.79 Å². The molecular weight excluding hydrogens is 315 g/mol. The van der Waals surface area contributed by atoms with Crippen molar-refractivity contribution in [1.82, 2.24) is 0 Å². The molecule has 0 saturated carbocycles. The zero-order valence-corrected chi connectivity index (χ0v) is 12.2. The van der Waals surface area contributed by atoms with Crippen molar-refractivity contribution in [3.8, 4) is 0 Å². The van der Waals surface area contributed by atoms with Gasteiger partial charge in [0.1, 0.15) is 0 Å². The standard InChI is InChI=1S/C16H13ClF3NO/c17-14-8-7-12(10-13(14)16(18,19)20)21-15(22)9-6-11-4-2-1-3-5-11/h1-5,7-8,10H,6,9H2,(H,21,22). The second-order valence-corrected chi connectivity index (χ2v) is 5.13. The van der Waals surface area contributed by atoms with Crippen molar-refractivity contribution in [2.75, 3.05) is 5.32 Å². The molecule has 1 amide bonds. The van der Waals surface area contributed by atoms with E-state index in [1.54, 1.807) is 0 Å². The molecule has 22 heavy (non-hydrogen) atoms. The first-order valence-electron chi connectivity index (χ1n) is 6.57. The minimum absolute atomic E-state index is 0.0785. The molecule has 2 rings (SSSR count). The van der Waals surface area contributed by atoms with Crippen LogP contribution < -0.4 is 5.32 Å². The second-order valence-electron chi connectivity index (χ2n) is 4.73. The van der Waals surface area contributed by atoms with Crippen molar-refractivity contribution in [2.24, 2.45) is 0 Å². The second kappa shape index (κ2) is 6.83. The molecule has 0 aliphatic carbocycles. The first-order valence-corrected chi connectivity index (χ1v) is 6.94. The molecule has 0 atom stereocenters. The first-order chi connectivity index (χ1) is 10.4. The molecule has 0 saturated heterocycles. The molecule has 1 N–H and O–H groups in total. The van der Waals surface area contributed by atoms with Crippen LogP contribution in [0.1, 0.15) is 17.5 Å². The number of anilines is 1. The predicted octanol–water partition coefficient (Wildman–Crippen LogP) is 4.93. The molecule has 2 nitrogen and oxygen atoms in total. The average molecular weight is 328 g/mol. The molecule has 0 aromatic heterocycles. The molecule has 0 radical (unpaired) electrons. The van der Waals surface area contributed by atoms with Gasteiger partial charge in [0.15, 0.2) is 0 Å². The fourth-order valence-corrected chi connectivity index (χ4v) is 2.17. The van der Waals surface area contributed by atoms with Gasteiger partial charge in [0.2, 0.25) is 5.91 Å². The van der Waals surface area contributed by atoms with E-state index in [1.807, 2.05) is 30.3 Å². The van der Waals surface area contributed by atoms with Gasteiger partial charge < -0.3 is 5.32 Å². The Morgan fingerprint density at radius 3 is 2.41 bits per heavy atom. The lowest BCUT2D eigenvalue weighted by molar-refractivity contribution is -0.137. The highest BCUT2D eigenvalue weighted by molar-refractivity contribution is 6.31. The van der Waals surface area contributed by atoms with Crippen LogP contribution in [-0.2, 0) is 17.4 Å². The van der Waals surface area contributed by atoms with Crippen LogP contribution in [0.4, 0.5) is 18.9 Å². The number of alkyl halides is 3. The molecule has 0 fully saturated rings. The summed E-state index contributed by atoms with van der Waals surface area (Å²) in [5.41, 5.74) is 0.106. The smallest absolute Gasteiger partial charge is 0.326 e. The number of rotatable bonds is 4. The highest BCUT2D eigenvalue weighted by atomic mass is 35.5. The van der Waals surface area contributed by atoms with Crippen molar-refractivity contribution in [3.63, 3.8) is 0 Å². The molecule has 116 valence electrons. The summed E-state index contributed by atoms with van der Waals surface area (Å²) in [6.07, 6.45) is -3.84. The van der Waals surface area contributed by atoms with Gasteiger partial charge in [0, 0.05) is 12.1 Å². The lowest BCUT2D eigenvalue weighted by atomic mass is 10.1. The Bertz CT molecular complexity index is 656. The van der Waals surface area contributed by atoms with E-state index >= 15 is 0 Å². The van der Waals surface area contributed by atoms with E-state index in [-0.39, 0.29) is 18.0 Å². The van der Waals surface area contributed by atoms with Gasteiger partial charge in [-0.05, 0) is 30.2 Å². The van der Waals surface area contributed by atoms with Crippen molar-refractivity contribution in [2.45, 2.75) is 19.0 Å². The Balaban J connectivity index is 2.00. The van der Waals surface area contributed by atoms with Gasteiger partial charge in [-0.1, -0.05) is 41.9 Å². The van der Waals surface area contributed by atoms with Crippen LogP contribution in [0.2, 0.25) is 5.02 Å². The number of aryl methyl sites for hydroxylation is 1. The quantitative estimate of drug-likeness (QED) is 0.847. The molecule has 2 aromatic rings. The molecule has 0 aliphatic rings. The fraction of sp³-hybridized carbons (Fsp3) is 0.188. The maximum Gasteiger partial charge on any atom is 0.417 e. The number of amides is 1. The fourth-order valence-electron chi connectivity index (χ4n) is 1.95. The minimum Gasteiger partial charge on any atom is -0.326 e. The summed E-state index contributed by atoms with van der Waals surface area (Å²) in [4.78, 5) is 11.8. The Labute approximate surface area is 130 Å². The summed E-state index contributed by atoms with van der Waals surface area (Å²) >= 11 is 5.53. The van der Waals surface area contributed by atoms with E-state index < -0.39 is 16.8 Å². The van der Waals surface area contributed by atoms with Crippen LogP contribution in [0.5, 0.6) is 0 Å². The largest absolute Gasteiger partial charge is 0.417 e. The molecule has 0 aliphatic heterocycles. The van der Waals surface area contributed by atoms with E-state index in [9.17, 15) is 18.0 Å². The average Bonchev–Trinajstić information content (AvgIpc) is 2.47. The monoisotopic (exact) mass is 327 g/mol. The van der Waals surface area contributed by atoms with E-state index in [1.165, 1.54) is 6.07 Å². The van der Waals surface area contributed by atoms with Gasteiger partial charge in [0.05, 0.1) is 10.6 Å². The van der Waals surface area contributed by atoms with Crippen molar-refractivity contribution < 1.29 is 18.0 Å². The normalized spacial score (nSPS) is 11.3. The number of nitrogens with one attached hydrogen (secondary N) is 1. The third-order valence-electron chi connectivity index (χ3n) is 3.04. The van der Waals surface area contributed by atoms with Crippen LogP contribution in [0.15, 0.2) is 48.5 Å². The van der Waals surface area contributed by atoms with Gasteiger partial charge in [-0.2, -0.15) is 13.2 Å². The van der Waals surface area contributed by atoms with Crippen LogP contribution in [0.25, 0.3) is 0 Å². The summed E-state index contributed by atoms with van der Waals surface area (Å²) in [6.45, 7) is 0. The lowest BCUT2D eigenvalue weighted by Crippen LogP contribution is -2.13. The number of halogens is 4. The topological polar surface area (TPSA) is 29.1 Å². The zero-order chi connectivity index (χ0) is 16.2. The van der Waals surface area contributed by atoms with Crippen molar-refractivity contribution in [3.05, 3.63) is 64.7 Å². The van der Waals surface area contributed by atoms with E-state index in [0.717, 1.165) is 17.7 Å². The summed E-state index contributed by atoms with van der Waals surface area (Å²) in [5.74, 6) is -0.348. The third-order valence-corrected chi connectivity index (χ3v) is 3.37. The molecule has 0 bridgehead atoms. The summed E-state index contributed by atoms with van der Waals surface area (Å²) < 4.78 is 38.2. The Morgan fingerprint density at radius 2 is 1.77 bits per heavy atom. The number of hydrogen-bond donors (Lipinski definition) is 1.